The third-order valence-corrected chi connectivity index (χ3v) is 5.57. The molecule has 3 rings (SSSR count). The normalized spacial score (nSPS) is 26.9. The van der Waals surface area contributed by atoms with Crippen molar-refractivity contribution in [2.45, 2.75) is 44.6 Å². The summed E-state index contributed by atoms with van der Waals surface area (Å²) in [6.07, 6.45) is 9.71. The summed E-state index contributed by atoms with van der Waals surface area (Å²) in [5.41, 5.74) is 8.48. The molecule has 5 heteroatoms. The van der Waals surface area contributed by atoms with E-state index in [-0.39, 0.29) is 5.54 Å². The summed E-state index contributed by atoms with van der Waals surface area (Å²) in [5, 5.41) is 7.40. The minimum absolute atomic E-state index is 0.212. The fourth-order valence-electron chi connectivity index (χ4n) is 3.00. The molecule has 0 bridgehead atoms. The SMILES string of the molecule is CCC1CCC(N)(c2nc(-c3cnn(C)c3)cs2)CC1. The van der Waals surface area contributed by atoms with Crippen LogP contribution in [0.15, 0.2) is 17.8 Å². The van der Waals surface area contributed by atoms with E-state index in [0.29, 0.717) is 0 Å². The molecule has 1 aliphatic rings. The van der Waals surface area contributed by atoms with Gasteiger partial charge < -0.3 is 5.73 Å². The van der Waals surface area contributed by atoms with Gasteiger partial charge in [0.15, 0.2) is 0 Å². The summed E-state index contributed by atoms with van der Waals surface area (Å²) in [5.74, 6) is 0.851. The second-order valence-electron chi connectivity index (χ2n) is 5.95. The van der Waals surface area contributed by atoms with E-state index in [1.807, 2.05) is 19.4 Å². The lowest BCUT2D eigenvalue weighted by atomic mass is 9.76. The lowest BCUT2D eigenvalue weighted by molar-refractivity contribution is 0.231. The Hall–Kier alpha value is -1.20. The molecule has 0 radical (unpaired) electrons. The average Bonchev–Trinajstić information content (AvgIpc) is 3.08. The lowest BCUT2D eigenvalue weighted by Gasteiger charge is -2.35. The maximum Gasteiger partial charge on any atom is 0.113 e. The molecule has 4 nitrogen and oxygen atoms in total. The zero-order chi connectivity index (χ0) is 14.2. The van der Waals surface area contributed by atoms with E-state index in [4.69, 9.17) is 10.7 Å². The highest BCUT2D eigenvalue weighted by molar-refractivity contribution is 7.10. The first kappa shape index (κ1) is 13.8. The van der Waals surface area contributed by atoms with Gasteiger partial charge in [-0.3, -0.25) is 4.68 Å². The molecular weight excluding hydrogens is 268 g/mol. The van der Waals surface area contributed by atoms with E-state index >= 15 is 0 Å². The topological polar surface area (TPSA) is 56.7 Å². The van der Waals surface area contributed by atoms with Crippen LogP contribution in [0.2, 0.25) is 0 Å². The number of hydrogen-bond acceptors (Lipinski definition) is 4. The molecule has 20 heavy (non-hydrogen) atoms. The largest absolute Gasteiger partial charge is 0.319 e. The molecule has 2 N–H and O–H groups in total. The number of aromatic nitrogens is 3. The molecule has 1 aliphatic carbocycles. The van der Waals surface area contributed by atoms with Gasteiger partial charge in [-0.2, -0.15) is 5.10 Å². The van der Waals surface area contributed by atoms with Crippen molar-refractivity contribution in [2.75, 3.05) is 0 Å². The molecule has 2 aromatic rings. The standard InChI is InChI=1S/C15H22N4S/c1-3-11-4-6-15(16,7-5-11)14-18-13(10-20-14)12-8-17-19(2)9-12/h8-11H,3-7,16H2,1-2H3. The third-order valence-electron chi connectivity index (χ3n) is 4.51. The summed E-state index contributed by atoms with van der Waals surface area (Å²) in [4.78, 5) is 4.78. The van der Waals surface area contributed by atoms with Crippen molar-refractivity contribution in [3.8, 4) is 11.3 Å². The summed E-state index contributed by atoms with van der Waals surface area (Å²) in [6, 6.07) is 0. The molecular formula is C15H22N4S. The van der Waals surface area contributed by atoms with Crippen LogP contribution in [0.5, 0.6) is 0 Å². The summed E-state index contributed by atoms with van der Waals surface area (Å²) < 4.78 is 1.80. The fourth-order valence-corrected chi connectivity index (χ4v) is 4.01. The average molecular weight is 290 g/mol. The van der Waals surface area contributed by atoms with Crippen molar-refractivity contribution in [3.63, 3.8) is 0 Å². The van der Waals surface area contributed by atoms with Gasteiger partial charge in [0, 0.05) is 24.2 Å². The molecule has 0 aliphatic heterocycles. The molecule has 1 saturated carbocycles. The van der Waals surface area contributed by atoms with E-state index in [1.165, 1.54) is 19.3 Å². The maximum absolute atomic E-state index is 6.62. The summed E-state index contributed by atoms with van der Waals surface area (Å²) in [7, 11) is 1.92. The highest BCUT2D eigenvalue weighted by Crippen LogP contribution is 2.40. The lowest BCUT2D eigenvalue weighted by Crippen LogP contribution is -2.40. The predicted molar refractivity (Wildman–Crippen MR) is 82.4 cm³/mol. The van der Waals surface area contributed by atoms with Crippen LogP contribution in [0, 0.1) is 5.92 Å². The number of hydrogen-bond donors (Lipinski definition) is 1. The van der Waals surface area contributed by atoms with Crippen LogP contribution in [0.1, 0.15) is 44.0 Å². The minimum atomic E-state index is -0.212. The Morgan fingerprint density at radius 3 is 2.80 bits per heavy atom. The second kappa shape index (κ2) is 5.30. The Balaban J connectivity index is 1.80. The highest BCUT2D eigenvalue weighted by atomic mass is 32.1. The van der Waals surface area contributed by atoms with Gasteiger partial charge in [0.1, 0.15) is 5.01 Å². The van der Waals surface area contributed by atoms with Crippen molar-refractivity contribution >= 4 is 11.3 Å². The Labute approximate surface area is 124 Å². The predicted octanol–water partition coefficient (Wildman–Crippen LogP) is 3.30. The molecule has 0 aromatic carbocycles. The van der Waals surface area contributed by atoms with Crippen LogP contribution >= 0.6 is 11.3 Å². The van der Waals surface area contributed by atoms with Gasteiger partial charge in [-0.05, 0) is 31.6 Å². The zero-order valence-corrected chi connectivity index (χ0v) is 13.0. The molecule has 2 heterocycles. The van der Waals surface area contributed by atoms with Gasteiger partial charge in [0.2, 0.25) is 0 Å². The highest BCUT2D eigenvalue weighted by Gasteiger charge is 2.35. The zero-order valence-electron chi connectivity index (χ0n) is 12.2. The van der Waals surface area contributed by atoms with E-state index in [0.717, 1.165) is 35.0 Å². The van der Waals surface area contributed by atoms with Crippen LogP contribution < -0.4 is 5.73 Å². The monoisotopic (exact) mass is 290 g/mol. The fraction of sp³-hybridized carbons (Fsp3) is 0.600. The number of nitrogens with zero attached hydrogens (tertiary/aromatic N) is 3. The second-order valence-corrected chi connectivity index (χ2v) is 6.81. The first-order valence-electron chi connectivity index (χ1n) is 7.34. The third kappa shape index (κ3) is 2.52. The number of nitrogens with two attached hydrogens (primary N) is 1. The van der Waals surface area contributed by atoms with Crippen LogP contribution in [-0.4, -0.2) is 14.8 Å². The molecule has 0 amide bonds. The first-order valence-corrected chi connectivity index (χ1v) is 8.22. The Morgan fingerprint density at radius 2 is 2.20 bits per heavy atom. The molecule has 2 aromatic heterocycles. The van der Waals surface area contributed by atoms with E-state index < -0.39 is 0 Å². The van der Waals surface area contributed by atoms with Gasteiger partial charge in [-0.1, -0.05) is 13.3 Å². The first-order chi connectivity index (χ1) is 9.60. The quantitative estimate of drug-likeness (QED) is 0.943. The number of rotatable bonds is 3. The summed E-state index contributed by atoms with van der Waals surface area (Å²) >= 11 is 1.69. The Kier molecular flexibility index (Phi) is 3.65. The van der Waals surface area contributed by atoms with Gasteiger partial charge in [0.05, 0.1) is 17.4 Å². The van der Waals surface area contributed by atoms with Crippen molar-refractivity contribution in [1.82, 2.24) is 14.8 Å². The van der Waals surface area contributed by atoms with E-state index in [2.05, 4.69) is 17.4 Å². The molecule has 0 spiro atoms. The van der Waals surface area contributed by atoms with E-state index in [1.54, 1.807) is 16.0 Å². The Morgan fingerprint density at radius 1 is 1.45 bits per heavy atom. The minimum Gasteiger partial charge on any atom is -0.319 e. The molecule has 1 fully saturated rings. The number of aryl methyl sites for hydroxylation is 1. The van der Waals surface area contributed by atoms with Gasteiger partial charge >= 0.3 is 0 Å². The van der Waals surface area contributed by atoms with Gasteiger partial charge in [-0.25, -0.2) is 4.98 Å². The van der Waals surface area contributed by atoms with Crippen LogP contribution in [-0.2, 0) is 12.6 Å². The summed E-state index contributed by atoms with van der Waals surface area (Å²) in [6.45, 7) is 2.28. The van der Waals surface area contributed by atoms with Crippen molar-refractivity contribution in [2.24, 2.45) is 18.7 Å². The van der Waals surface area contributed by atoms with Crippen molar-refractivity contribution in [1.29, 1.82) is 0 Å². The van der Waals surface area contributed by atoms with E-state index in [9.17, 15) is 0 Å². The molecule has 0 unspecified atom stereocenters. The van der Waals surface area contributed by atoms with Crippen LogP contribution in [0.4, 0.5) is 0 Å². The van der Waals surface area contributed by atoms with Gasteiger partial charge in [0.25, 0.3) is 0 Å². The van der Waals surface area contributed by atoms with Crippen LogP contribution in [0.3, 0.4) is 0 Å². The van der Waals surface area contributed by atoms with Crippen molar-refractivity contribution < 1.29 is 0 Å². The van der Waals surface area contributed by atoms with Crippen LogP contribution in [0.25, 0.3) is 11.3 Å². The number of thiazole rings is 1. The van der Waals surface area contributed by atoms with Crippen molar-refractivity contribution in [3.05, 3.63) is 22.8 Å². The Bertz CT molecular complexity index is 578. The smallest absolute Gasteiger partial charge is 0.113 e. The molecule has 108 valence electrons. The molecule has 0 saturated heterocycles. The molecule has 0 atom stereocenters. The maximum atomic E-state index is 6.62. The van der Waals surface area contributed by atoms with Gasteiger partial charge in [-0.15, -0.1) is 11.3 Å².